The van der Waals surface area contributed by atoms with Crippen LogP contribution in [0.15, 0.2) is 54.6 Å². The fourth-order valence-corrected chi connectivity index (χ4v) is 5.12. The van der Waals surface area contributed by atoms with Crippen molar-refractivity contribution in [2.45, 2.75) is 19.8 Å². The molecule has 0 amide bonds. The molecule has 1 unspecified atom stereocenters. The smallest absolute Gasteiger partial charge is 0.146 e. The molecule has 2 rings (SSSR count). The van der Waals surface area contributed by atoms with E-state index in [0.29, 0.717) is 11.5 Å². The third kappa shape index (κ3) is 2.96. The van der Waals surface area contributed by atoms with Gasteiger partial charge in [0.25, 0.3) is 0 Å². The Morgan fingerprint density at radius 2 is 1.63 bits per heavy atom. The molecule has 1 nitrogen and oxygen atoms in total. The van der Waals surface area contributed by atoms with Gasteiger partial charge in [-0.3, -0.25) is 0 Å². The fourth-order valence-electron chi connectivity index (χ4n) is 2.18. The Morgan fingerprint density at radius 1 is 1.00 bits per heavy atom. The second-order valence-corrected chi connectivity index (χ2v) is 7.53. The second kappa shape index (κ2) is 6.16. The highest BCUT2D eigenvalue weighted by atomic mass is 31.2. The lowest BCUT2D eigenvalue weighted by Gasteiger charge is -2.19. The average molecular weight is 276 g/mol. The minimum atomic E-state index is -2.85. The summed E-state index contributed by atoms with van der Waals surface area (Å²) < 4.78 is 27.4. The van der Waals surface area contributed by atoms with E-state index in [4.69, 9.17) is 0 Å². The van der Waals surface area contributed by atoms with Gasteiger partial charge in [0, 0.05) is 11.5 Å². The predicted octanol–water partition coefficient (Wildman–Crippen LogP) is 3.94. The maximum atomic E-state index is 14.0. The first-order chi connectivity index (χ1) is 9.18. The lowest BCUT2D eigenvalue weighted by molar-refractivity contribution is 0.581. The molecule has 0 heterocycles. The van der Waals surface area contributed by atoms with Gasteiger partial charge >= 0.3 is 0 Å². The van der Waals surface area contributed by atoms with Crippen molar-refractivity contribution in [1.82, 2.24) is 0 Å². The van der Waals surface area contributed by atoms with E-state index in [1.807, 2.05) is 30.3 Å². The first-order valence-corrected chi connectivity index (χ1v) is 8.47. The fraction of sp³-hybridized carbons (Fsp3) is 0.250. The van der Waals surface area contributed by atoms with E-state index >= 15 is 0 Å². The zero-order valence-electron chi connectivity index (χ0n) is 11.1. The number of benzene rings is 2. The Hall–Kier alpha value is -1.40. The van der Waals surface area contributed by atoms with Crippen molar-refractivity contribution in [3.63, 3.8) is 0 Å². The van der Waals surface area contributed by atoms with E-state index in [-0.39, 0.29) is 5.82 Å². The highest BCUT2D eigenvalue weighted by Gasteiger charge is 2.28. The molecule has 19 heavy (non-hydrogen) atoms. The molecular weight excluding hydrogens is 258 g/mol. The zero-order chi connectivity index (χ0) is 13.7. The Balaban J connectivity index is 2.53. The third-order valence-electron chi connectivity index (χ3n) is 3.24. The van der Waals surface area contributed by atoms with Crippen LogP contribution in [0.4, 0.5) is 4.39 Å². The summed E-state index contributed by atoms with van der Waals surface area (Å²) in [5, 5.41) is 1.10. The van der Waals surface area contributed by atoms with Gasteiger partial charge in [-0.15, -0.1) is 0 Å². The Bertz CT molecular complexity index is 580. The van der Waals surface area contributed by atoms with Gasteiger partial charge in [0.15, 0.2) is 0 Å². The normalized spacial score (nSPS) is 14.0. The Labute approximate surface area is 113 Å². The maximum Gasteiger partial charge on any atom is 0.146 e. The summed E-state index contributed by atoms with van der Waals surface area (Å²) in [4.78, 5) is 0. The van der Waals surface area contributed by atoms with Crippen molar-refractivity contribution in [3.8, 4) is 0 Å². The lowest BCUT2D eigenvalue weighted by Crippen LogP contribution is -2.21. The van der Waals surface area contributed by atoms with E-state index in [1.54, 1.807) is 18.2 Å². The molecule has 0 fully saturated rings. The number of unbranched alkanes of at least 4 members (excludes halogenated alkanes) is 1. The summed E-state index contributed by atoms with van der Waals surface area (Å²) in [5.41, 5.74) is 0. The van der Waals surface area contributed by atoms with Gasteiger partial charge in [0.05, 0.1) is 5.30 Å². The summed E-state index contributed by atoms with van der Waals surface area (Å²) in [6, 6.07) is 15.7. The van der Waals surface area contributed by atoms with Crippen molar-refractivity contribution in [3.05, 3.63) is 60.4 Å². The van der Waals surface area contributed by atoms with Crippen molar-refractivity contribution in [1.29, 1.82) is 0 Å². The number of rotatable bonds is 5. The molecule has 0 aromatic heterocycles. The number of hydrogen-bond donors (Lipinski definition) is 0. The molecule has 0 spiro atoms. The van der Waals surface area contributed by atoms with Crippen LogP contribution in [0.2, 0.25) is 0 Å². The molecule has 0 aliphatic rings. The Morgan fingerprint density at radius 3 is 2.26 bits per heavy atom. The van der Waals surface area contributed by atoms with Crippen LogP contribution in [0.1, 0.15) is 19.8 Å². The number of halogens is 1. The van der Waals surface area contributed by atoms with Crippen LogP contribution in [-0.2, 0) is 4.57 Å². The molecule has 0 aliphatic carbocycles. The molecule has 1 atom stereocenters. The second-order valence-electron chi connectivity index (χ2n) is 4.60. The van der Waals surface area contributed by atoms with Gasteiger partial charge in [-0.1, -0.05) is 55.8 Å². The largest absolute Gasteiger partial charge is 0.314 e. The topological polar surface area (TPSA) is 17.1 Å². The van der Waals surface area contributed by atoms with Crippen LogP contribution in [0.5, 0.6) is 0 Å². The van der Waals surface area contributed by atoms with Gasteiger partial charge in [-0.2, -0.15) is 0 Å². The van der Waals surface area contributed by atoms with Crippen molar-refractivity contribution in [2.24, 2.45) is 0 Å². The molecule has 0 N–H and O–H groups in total. The molecule has 0 saturated carbocycles. The van der Waals surface area contributed by atoms with Gasteiger partial charge in [0.2, 0.25) is 0 Å². The monoisotopic (exact) mass is 276 g/mol. The zero-order valence-corrected chi connectivity index (χ0v) is 11.9. The summed E-state index contributed by atoms with van der Waals surface area (Å²) in [6.07, 6.45) is 2.31. The van der Waals surface area contributed by atoms with E-state index in [2.05, 4.69) is 6.92 Å². The minimum absolute atomic E-state index is 0.356. The Kier molecular flexibility index (Phi) is 4.55. The van der Waals surface area contributed by atoms with Crippen LogP contribution in [-0.4, -0.2) is 6.16 Å². The highest BCUT2D eigenvalue weighted by molar-refractivity contribution is 7.78. The molecule has 0 bridgehead atoms. The average Bonchev–Trinajstić information content (AvgIpc) is 2.46. The van der Waals surface area contributed by atoms with Gasteiger partial charge in [-0.25, -0.2) is 4.39 Å². The van der Waals surface area contributed by atoms with Gasteiger partial charge < -0.3 is 4.57 Å². The summed E-state index contributed by atoms with van der Waals surface area (Å²) >= 11 is 0. The molecular formula is C16H18FOP. The summed E-state index contributed by atoms with van der Waals surface area (Å²) in [5.74, 6) is -0.370. The van der Waals surface area contributed by atoms with Gasteiger partial charge in [-0.05, 0) is 18.6 Å². The molecule has 2 aromatic carbocycles. The SMILES string of the molecule is CCCCP(=O)(c1ccccc1)c1ccccc1F. The number of hydrogen-bond acceptors (Lipinski definition) is 1. The quantitative estimate of drug-likeness (QED) is 0.756. The van der Waals surface area contributed by atoms with Gasteiger partial charge in [0.1, 0.15) is 13.0 Å². The van der Waals surface area contributed by atoms with E-state index < -0.39 is 7.14 Å². The van der Waals surface area contributed by atoms with E-state index in [9.17, 15) is 8.96 Å². The lowest BCUT2D eigenvalue weighted by atomic mass is 10.3. The van der Waals surface area contributed by atoms with E-state index in [1.165, 1.54) is 6.07 Å². The van der Waals surface area contributed by atoms with Crippen LogP contribution in [0.3, 0.4) is 0 Å². The third-order valence-corrected chi connectivity index (χ3v) is 6.46. The summed E-state index contributed by atoms with van der Waals surface area (Å²) in [6.45, 7) is 2.05. The van der Waals surface area contributed by atoms with Crippen LogP contribution in [0.25, 0.3) is 0 Å². The highest BCUT2D eigenvalue weighted by Crippen LogP contribution is 2.44. The van der Waals surface area contributed by atoms with Crippen LogP contribution >= 0.6 is 7.14 Å². The standard InChI is InChI=1S/C16H18FOP/c1-2-3-13-19(18,14-9-5-4-6-10-14)16-12-8-7-11-15(16)17/h4-12H,2-3,13H2,1H3. The van der Waals surface area contributed by atoms with Crippen molar-refractivity contribution < 1.29 is 8.96 Å². The molecule has 0 aliphatic heterocycles. The molecule has 0 radical (unpaired) electrons. The summed E-state index contributed by atoms with van der Waals surface area (Å²) in [7, 11) is -2.85. The molecule has 100 valence electrons. The van der Waals surface area contributed by atoms with Crippen LogP contribution < -0.4 is 10.6 Å². The molecule has 2 aromatic rings. The minimum Gasteiger partial charge on any atom is -0.314 e. The first kappa shape index (κ1) is 14.0. The van der Waals surface area contributed by atoms with Crippen molar-refractivity contribution >= 4 is 17.8 Å². The molecule has 3 heteroatoms. The van der Waals surface area contributed by atoms with E-state index in [0.717, 1.165) is 18.1 Å². The first-order valence-electron chi connectivity index (χ1n) is 6.58. The predicted molar refractivity (Wildman–Crippen MR) is 79.5 cm³/mol. The molecule has 0 saturated heterocycles. The van der Waals surface area contributed by atoms with Crippen molar-refractivity contribution in [2.75, 3.05) is 6.16 Å². The van der Waals surface area contributed by atoms with Crippen LogP contribution in [0, 0.1) is 5.82 Å². The maximum absolute atomic E-state index is 14.0.